The van der Waals surface area contributed by atoms with Gasteiger partial charge in [0.1, 0.15) is 17.2 Å². The Morgan fingerprint density at radius 3 is 1.97 bits per heavy atom. The fourth-order valence-electron chi connectivity index (χ4n) is 3.17. The minimum absolute atomic E-state index is 0.0257. The zero-order valence-corrected chi connectivity index (χ0v) is 16.8. The smallest absolute Gasteiger partial charge is 0.200 e. The van der Waals surface area contributed by atoms with Crippen molar-refractivity contribution in [1.29, 1.82) is 0 Å². The highest BCUT2D eigenvalue weighted by Crippen LogP contribution is 2.40. The molecule has 0 spiro atoms. The minimum atomic E-state index is -2.27. The van der Waals surface area contributed by atoms with Crippen LogP contribution in [0.4, 0.5) is 27.6 Å². The largest absolute Gasteiger partial charge is 0.507 e. The zero-order valence-electron chi connectivity index (χ0n) is 16.8. The average molecular weight is 435 g/mol. The number of methoxy groups -OCH3 is 1. The third-order valence-corrected chi connectivity index (χ3v) is 5.04. The molecule has 0 aromatic heterocycles. The number of aromatic hydroxyl groups is 1. The molecule has 8 heteroatoms. The van der Waals surface area contributed by atoms with Crippen molar-refractivity contribution in [3.63, 3.8) is 0 Å². The number of hydrogen-bond acceptors (Lipinski definition) is 3. The first-order valence-electron chi connectivity index (χ1n) is 9.12. The maximum absolute atomic E-state index is 13.9. The van der Waals surface area contributed by atoms with Gasteiger partial charge in [-0.15, -0.1) is 0 Å². The lowest BCUT2D eigenvalue weighted by atomic mass is 9.77. The van der Waals surface area contributed by atoms with Gasteiger partial charge in [-0.3, -0.25) is 0 Å². The maximum Gasteiger partial charge on any atom is 0.200 e. The van der Waals surface area contributed by atoms with Gasteiger partial charge in [0, 0.05) is 22.8 Å². The molecule has 0 aliphatic heterocycles. The van der Waals surface area contributed by atoms with Crippen LogP contribution in [0.15, 0.2) is 47.5 Å². The lowest BCUT2D eigenvalue weighted by Gasteiger charge is -2.28. The second-order valence-corrected chi connectivity index (χ2v) is 7.28. The molecular weight excluding hydrogens is 417 g/mol. The molecule has 0 heterocycles. The average Bonchev–Trinajstić information content (AvgIpc) is 2.77. The van der Waals surface area contributed by atoms with Crippen LogP contribution in [0.3, 0.4) is 0 Å². The fourth-order valence-corrected chi connectivity index (χ4v) is 3.17. The fraction of sp³-hybridized carbons (Fsp3) is 0.174. The maximum atomic E-state index is 13.9. The number of nitrogens with zero attached hydrogens (tertiary/aromatic N) is 1. The van der Waals surface area contributed by atoms with E-state index in [9.17, 15) is 27.1 Å². The zero-order chi connectivity index (χ0) is 22.9. The highest BCUT2D eigenvalue weighted by Gasteiger charge is 2.29. The Balaban J connectivity index is 2.15. The van der Waals surface area contributed by atoms with Gasteiger partial charge >= 0.3 is 0 Å². The summed E-state index contributed by atoms with van der Waals surface area (Å²) in [7, 11) is 1.39. The molecule has 3 nitrogen and oxygen atoms in total. The Kier molecular flexibility index (Phi) is 6.01. The number of hydrogen-bond donors (Lipinski definition) is 1. The Bertz CT molecular complexity index is 1130. The predicted octanol–water partition coefficient (Wildman–Crippen LogP) is 6.17. The van der Waals surface area contributed by atoms with Crippen molar-refractivity contribution in [2.24, 2.45) is 4.99 Å². The molecule has 0 atom stereocenters. The molecule has 3 aromatic carbocycles. The van der Waals surface area contributed by atoms with E-state index < -0.39 is 40.2 Å². The predicted molar refractivity (Wildman–Crippen MR) is 107 cm³/mol. The summed E-state index contributed by atoms with van der Waals surface area (Å²) in [5, 5.41) is 10.8. The van der Waals surface area contributed by atoms with E-state index in [0.717, 1.165) is 11.8 Å². The summed E-state index contributed by atoms with van der Waals surface area (Å²) in [6.07, 6.45) is 0.820. The lowest BCUT2D eigenvalue weighted by Crippen LogP contribution is -2.19. The van der Waals surface area contributed by atoms with Gasteiger partial charge in [-0.1, -0.05) is 44.2 Å². The number of phenols is 1. The summed E-state index contributed by atoms with van der Waals surface area (Å²) in [5.41, 5.74) is -0.824. The van der Waals surface area contributed by atoms with E-state index in [1.54, 1.807) is 6.07 Å². The lowest BCUT2D eigenvalue weighted by molar-refractivity contribution is 0.381. The highest BCUT2D eigenvalue weighted by molar-refractivity contribution is 5.87. The van der Waals surface area contributed by atoms with E-state index >= 15 is 0 Å². The molecule has 0 aliphatic carbocycles. The summed E-state index contributed by atoms with van der Waals surface area (Å²) in [5.74, 6) is -10.6. The molecule has 3 aromatic rings. The molecule has 0 saturated heterocycles. The Hall–Kier alpha value is -3.42. The van der Waals surface area contributed by atoms with Crippen LogP contribution in [-0.4, -0.2) is 18.4 Å². The SMILES string of the molecule is COc1cc(C=Nc2c(F)c(F)c(F)c(F)c2F)c(O)c(C(C)(C)c2ccccc2)c1. The van der Waals surface area contributed by atoms with E-state index in [1.165, 1.54) is 13.2 Å². The van der Waals surface area contributed by atoms with Gasteiger partial charge in [0.05, 0.1) is 7.11 Å². The monoisotopic (exact) mass is 435 g/mol. The van der Waals surface area contributed by atoms with Gasteiger partial charge in [0.2, 0.25) is 5.82 Å². The van der Waals surface area contributed by atoms with Crippen molar-refractivity contribution in [3.8, 4) is 11.5 Å². The Morgan fingerprint density at radius 2 is 1.42 bits per heavy atom. The van der Waals surface area contributed by atoms with Crippen LogP contribution >= 0.6 is 0 Å². The van der Waals surface area contributed by atoms with Crippen LogP contribution in [0.25, 0.3) is 0 Å². The van der Waals surface area contributed by atoms with Gasteiger partial charge in [-0.05, 0) is 17.7 Å². The Morgan fingerprint density at radius 1 is 0.871 bits per heavy atom. The molecular formula is C23H18F5NO2. The molecule has 31 heavy (non-hydrogen) atoms. The molecule has 0 saturated carbocycles. The summed E-state index contributed by atoms with van der Waals surface area (Å²) in [6, 6.07) is 12.2. The second-order valence-electron chi connectivity index (χ2n) is 7.28. The standard InChI is InChI=1S/C23H18F5NO2/c1-23(2,13-7-5-4-6-8-13)15-10-14(31-3)9-12(22(15)30)11-29-21-19(27)17(25)16(24)18(26)20(21)28/h4-11,30H,1-3H3. The van der Waals surface area contributed by atoms with E-state index in [0.29, 0.717) is 11.3 Å². The molecule has 0 amide bonds. The van der Waals surface area contributed by atoms with Gasteiger partial charge < -0.3 is 9.84 Å². The molecule has 162 valence electrons. The minimum Gasteiger partial charge on any atom is -0.507 e. The molecule has 0 aliphatic rings. The third kappa shape index (κ3) is 3.97. The van der Waals surface area contributed by atoms with Crippen LogP contribution in [0.1, 0.15) is 30.5 Å². The third-order valence-electron chi connectivity index (χ3n) is 5.04. The van der Waals surface area contributed by atoms with E-state index in [4.69, 9.17) is 4.74 Å². The van der Waals surface area contributed by atoms with Crippen molar-refractivity contribution in [2.75, 3.05) is 7.11 Å². The van der Waals surface area contributed by atoms with Gasteiger partial charge in [-0.25, -0.2) is 26.9 Å². The summed E-state index contributed by atoms with van der Waals surface area (Å²) in [4.78, 5) is 3.43. The normalized spacial score (nSPS) is 11.9. The van der Waals surface area contributed by atoms with Crippen LogP contribution < -0.4 is 4.74 Å². The van der Waals surface area contributed by atoms with Crippen LogP contribution in [0.5, 0.6) is 11.5 Å². The molecule has 1 N–H and O–H groups in total. The van der Waals surface area contributed by atoms with Gasteiger partial charge in [-0.2, -0.15) is 0 Å². The quantitative estimate of drug-likeness (QED) is 0.225. The molecule has 0 unspecified atom stereocenters. The number of phenolic OH excluding ortho intramolecular Hbond substituents is 1. The van der Waals surface area contributed by atoms with Gasteiger partial charge in [0.25, 0.3) is 0 Å². The Labute approximate surface area is 175 Å². The van der Waals surface area contributed by atoms with Crippen molar-refractivity contribution in [1.82, 2.24) is 0 Å². The molecule has 3 rings (SSSR count). The summed E-state index contributed by atoms with van der Waals surface area (Å²) >= 11 is 0. The van der Waals surface area contributed by atoms with E-state index in [2.05, 4.69) is 4.99 Å². The van der Waals surface area contributed by atoms with Crippen LogP contribution in [0, 0.1) is 29.1 Å². The number of ether oxygens (including phenoxy) is 1. The molecule has 0 fully saturated rings. The first-order valence-corrected chi connectivity index (χ1v) is 9.12. The number of rotatable bonds is 5. The first-order chi connectivity index (χ1) is 14.6. The van der Waals surface area contributed by atoms with Crippen molar-refractivity contribution < 1.29 is 31.8 Å². The van der Waals surface area contributed by atoms with Crippen molar-refractivity contribution >= 4 is 11.9 Å². The van der Waals surface area contributed by atoms with Gasteiger partial charge in [0.15, 0.2) is 23.3 Å². The summed E-state index contributed by atoms with van der Waals surface area (Å²) < 4.78 is 73.2. The number of benzene rings is 3. The molecule has 0 bridgehead atoms. The van der Waals surface area contributed by atoms with Crippen LogP contribution in [0.2, 0.25) is 0 Å². The van der Waals surface area contributed by atoms with Crippen molar-refractivity contribution in [3.05, 3.63) is 88.2 Å². The first kappa shape index (κ1) is 22.3. The number of halogens is 5. The topological polar surface area (TPSA) is 41.8 Å². The molecule has 0 radical (unpaired) electrons. The van der Waals surface area contributed by atoms with Crippen LogP contribution in [-0.2, 0) is 5.41 Å². The van der Waals surface area contributed by atoms with E-state index in [1.807, 2.05) is 44.2 Å². The number of aliphatic imine (C=N–C) groups is 1. The van der Waals surface area contributed by atoms with E-state index in [-0.39, 0.29) is 11.3 Å². The second kappa shape index (κ2) is 8.37. The highest BCUT2D eigenvalue weighted by atomic mass is 19.2. The summed E-state index contributed by atoms with van der Waals surface area (Å²) in [6.45, 7) is 3.70. The van der Waals surface area contributed by atoms with Crippen molar-refractivity contribution in [2.45, 2.75) is 19.3 Å².